The number of nitrogens with one attached hydrogen (secondary N) is 1. The zero-order valence-corrected chi connectivity index (χ0v) is 18.5. The molecule has 0 fully saturated rings. The fraction of sp³-hybridized carbons (Fsp3) is 0.115. The molecule has 0 saturated heterocycles. The number of carbonyl (C=O) groups is 2. The summed E-state index contributed by atoms with van der Waals surface area (Å²) in [5, 5.41) is 7.60. The number of anilines is 1. The molecule has 0 aliphatic rings. The van der Waals surface area contributed by atoms with E-state index in [1.807, 2.05) is 36.4 Å². The van der Waals surface area contributed by atoms with Crippen molar-refractivity contribution in [3.05, 3.63) is 90.1 Å². The van der Waals surface area contributed by atoms with Crippen LogP contribution >= 0.6 is 0 Å². The summed E-state index contributed by atoms with van der Waals surface area (Å²) < 4.78 is 12.5. The highest BCUT2D eigenvalue weighted by atomic mass is 16.5. The topological polar surface area (TPSA) is 82.5 Å². The van der Waals surface area contributed by atoms with Crippen molar-refractivity contribution in [3.63, 3.8) is 0 Å². The Labute approximate surface area is 191 Å². The van der Waals surface area contributed by atoms with Crippen molar-refractivity contribution < 1.29 is 19.1 Å². The Hall–Kier alpha value is -4.39. The van der Waals surface area contributed by atoms with E-state index < -0.39 is 0 Å². The van der Waals surface area contributed by atoms with E-state index in [9.17, 15) is 9.59 Å². The number of hydrogen-bond acceptors (Lipinski definition) is 5. The summed E-state index contributed by atoms with van der Waals surface area (Å²) in [6.45, 7) is 1.50. The summed E-state index contributed by atoms with van der Waals surface area (Å²) in [6, 6.07) is 21.6. The van der Waals surface area contributed by atoms with Gasteiger partial charge >= 0.3 is 0 Å². The molecule has 4 rings (SSSR count). The first-order valence-corrected chi connectivity index (χ1v) is 10.3. The minimum atomic E-state index is -0.333. The predicted octanol–water partition coefficient (Wildman–Crippen LogP) is 5.01. The number of rotatable bonds is 7. The highest BCUT2D eigenvalue weighted by Gasteiger charge is 2.22. The summed E-state index contributed by atoms with van der Waals surface area (Å²) in [5.74, 6) is 0.800. The molecule has 33 heavy (non-hydrogen) atoms. The number of benzene rings is 3. The van der Waals surface area contributed by atoms with Gasteiger partial charge in [0.05, 0.1) is 25.5 Å². The molecule has 4 aromatic rings. The molecule has 1 aromatic heterocycles. The van der Waals surface area contributed by atoms with Gasteiger partial charge in [-0.3, -0.25) is 9.59 Å². The van der Waals surface area contributed by atoms with E-state index in [1.54, 1.807) is 61.5 Å². The first-order chi connectivity index (χ1) is 16.0. The maximum absolute atomic E-state index is 13.3. The molecule has 7 nitrogen and oxygen atoms in total. The minimum absolute atomic E-state index is 0.0362. The van der Waals surface area contributed by atoms with Crippen molar-refractivity contribution in [2.24, 2.45) is 0 Å². The van der Waals surface area contributed by atoms with Crippen LogP contribution in [0, 0.1) is 0 Å². The summed E-state index contributed by atoms with van der Waals surface area (Å²) in [6.07, 6.45) is 1.69. The number of aromatic nitrogens is 2. The van der Waals surface area contributed by atoms with Gasteiger partial charge in [-0.2, -0.15) is 5.10 Å². The number of Topliss-reactive ketones (excluding diaryl/α,β-unsaturated/α-hetero) is 1. The van der Waals surface area contributed by atoms with Gasteiger partial charge in [-0.1, -0.05) is 18.2 Å². The van der Waals surface area contributed by atoms with Crippen LogP contribution < -0.4 is 14.8 Å². The third kappa shape index (κ3) is 4.62. The number of para-hydroxylation sites is 1. The first kappa shape index (κ1) is 21.8. The van der Waals surface area contributed by atoms with Gasteiger partial charge in [0.2, 0.25) is 0 Å². The highest BCUT2D eigenvalue weighted by molar-refractivity contribution is 6.08. The molecule has 1 N–H and O–H groups in total. The maximum Gasteiger partial charge on any atom is 0.259 e. The number of ketones is 1. The molecule has 1 amide bonds. The zero-order valence-electron chi connectivity index (χ0n) is 18.5. The summed E-state index contributed by atoms with van der Waals surface area (Å²) in [5.41, 5.74) is 3.47. The van der Waals surface area contributed by atoms with E-state index in [0.717, 1.165) is 5.69 Å². The van der Waals surface area contributed by atoms with Gasteiger partial charge in [-0.25, -0.2) is 4.68 Å². The molecule has 0 radical (unpaired) electrons. The van der Waals surface area contributed by atoms with E-state index >= 15 is 0 Å². The molecule has 0 saturated carbocycles. The fourth-order valence-corrected chi connectivity index (χ4v) is 3.43. The van der Waals surface area contributed by atoms with Gasteiger partial charge in [-0.15, -0.1) is 0 Å². The van der Waals surface area contributed by atoms with Gasteiger partial charge in [0.25, 0.3) is 5.91 Å². The molecule has 0 aliphatic heterocycles. The molecule has 0 atom stereocenters. The van der Waals surface area contributed by atoms with Gasteiger partial charge in [-0.05, 0) is 55.5 Å². The Morgan fingerprint density at radius 2 is 1.64 bits per heavy atom. The average molecular weight is 441 g/mol. The molecule has 3 aromatic carbocycles. The Morgan fingerprint density at radius 3 is 2.27 bits per heavy atom. The molecular formula is C26H23N3O4. The van der Waals surface area contributed by atoms with Crippen LogP contribution in [0.1, 0.15) is 27.6 Å². The largest absolute Gasteiger partial charge is 0.497 e. The third-order valence-corrected chi connectivity index (χ3v) is 5.19. The third-order valence-electron chi connectivity index (χ3n) is 5.19. The number of hydrogen-bond donors (Lipinski definition) is 1. The summed E-state index contributed by atoms with van der Waals surface area (Å²) in [7, 11) is 3.14. The second-order valence-corrected chi connectivity index (χ2v) is 7.33. The Balaban J connectivity index is 1.77. The van der Waals surface area contributed by atoms with Gasteiger partial charge in [0.15, 0.2) is 5.78 Å². The van der Waals surface area contributed by atoms with Gasteiger partial charge < -0.3 is 14.8 Å². The molecule has 166 valence electrons. The normalized spacial score (nSPS) is 10.5. The van der Waals surface area contributed by atoms with Crippen molar-refractivity contribution >= 4 is 17.4 Å². The van der Waals surface area contributed by atoms with Crippen molar-refractivity contribution in [2.75, 3.05) is 19.5 Å². The van der Waals surface area contributed by atoms with Crippen LogP contribution in [-0.4, -0.2) is 35.7 Å². The fourth-order valence-electron chi connectivity index (χ4n) is 3.43. The van der Waals surface area contributed by atoms with Crippen molar-refractivity contribution in [3.8, 4) is 28.4 Å². The van der Waals surface area contributed by atoms with E-state index in [1.165, 1.54) is 6.92 Å². The lowest BCUT2D eigenvalue weighted by molar-refractivity contribution is 0.101. The average Bonchev–Trinajstić information content (AvgIpc) is 3.30. The summed E-state index contributed by atoms with van der Waals surface area (Å²) >= 11 is 0. The van der Waals surface area contributed by atoms with E-state index in [-0.39, 0.29) is 11.7 Å². The second-order valence-electron chi connectivity index (χ2n) is 7.33. The second kappa shape index (κ2) is 9.40. The Morgan fingerprint density at radius 1 is 0.909 bits per heavy atom. The lowest BCUT2D eigenvalue weighted by Gasteiger charge is -2.10. The van der Waals surface area contributed by atoms with Crippen LogP contribution in [0.2, 0.25) is 0 Å². The SMILES string of the molecule is COc1ccc(-c2nn(-c3ccccc3)cc2C(=O)Nc2ccc(C(C)=O)cc2)c(OC)c1. The van der Waals surface area contributed by atoms with Crippen LogP contribution in [0.4, 0.5) is 5.69 Å². The van der Waals surface area contributed by atoms with E-state index in [4.69, 9.17) is 14.6 Å². The van der Waals surface area contributed by atoms with Crippen molar-refractivity contribution in [1.82, 2.24) is 9.78 Å². The predicted molar refractivity (Wildman–Crippen MR) is 127 cm³/mol. The Bertz CT molecular complexity index is 1300. The molecular weight excluding hydrogens is 418 g/mol. The van der Waals surface area contributed by atoms with Crippen LogP contribution in [0.25, 0.3) is 16.9 Å². The van der Waals surface area contributed by atoms with Crippen LogP contribution in [0.3, 0.4) is 0 Å². The lowest BCUT2D eigenvalue weighted by Crippen LogP contribution is -2.12. The number of ether oxygens (including phenoxy) is 2. The Kier molecular flexibility index (Phi) is 6.22. The van der Waals surface area contributed by atoms with Crippen molar-refractivity contribution in [2.45, 2.75) is 6.92 Å². The monoisotopic (exact) mass is 441 g/mol. The smallest absolute Gasteiger partial charge is 0.259 e. The number of methoxy groups -OCH3 is 2. The summed E-state index contributed by atoms with van der Waals surface area (Å²) in [4.78, 5) is 24.8. The number of carbonyl (C=O) groups excluding carboxylic acids is 2. The van der Waals surface area contributed by atoms with Crippen LogP contribution in [0.15, 0.2) is 79.0 Å². The highest BCUT2D eigenvalue weighted by Crippen LogP contribution is 2.35. The standard InChI is InChI=1S/C26H23N3O4/c1-17(30)18-9-11-19(12-10-18)27-26(31)23-16-29(20-7-5-4-6-8-20)28-25(23)22-14-13-21(32-2)15-24(22)33-3/h4-16H,1-3H3,(H,27,31). The van der Waals surface area contributed by atoms with E-state index in [2.05, 4.69) is 5.32 Å². The van der Waals surface area contributed by atoms with Gasteiger partial charge in [0.1, 0.15) is 17.2 Å². The van der Waals surface area contributed by atoms with Crippen LogP contribution in [-0.2, 0) is 0 Å². The molecule has 0 aliphatic carbocycles. The number of amides is 1. The quantitative estimate of drug-likeness (QED) is 0.408. The molecule has 7 heteroatoms. The molecule has 0 bridgehead atoms. The molecule has 0 spiro atoms. The van der Waals surface area contributed by atoms with Gasteiger partial charge in [0, 0.05) is 29.1 Å². The molecule has 1 heterocycles. The first-order valence-electron chi connectivity index (χ1n) is 10.3. The number of nitrogens with zero attached hydrogens (tertiary/aromatic N) is 2. The molecule has 0 unspecified atom stereocenters. The van der Waals surface area contributed by atoms with E-state index in [0.29, 0.717) is 39.6 Å². The van der Waals surface area contributed by atoms with Crippen molar-refractivity contribution in [1.29, 1.82) is 0 Å². The zero-order chi connectivity index (χ0) is 23.4. The maximum atomic E-state index is 13.3. The minimum Gasteiger partial charge on any atom is -0.497 e. The lowest BCUT2D eigenvalue weighted by atomic mass is 10.1. The van der Waals surface area contributed by atoms with Crippen LogP contribution in [0.5, 0.6) is 11.5 Å².